The first-order valence-corrected chi connectivity index (χ1v) is 9.34. The Balaban J connectivity index is 2.03. The van der Waals surface area contributed by atoms with Gasteiger partial charge in [0.1, 0.15) is 11.6 Å². The van der Waals surface area contributed by atoms with Gasteiger partial charge in [0.2, 0.25) is 10.0 Å². The number of halogens is 2. The molecular weight excluding hydrogens is 383 g/mol. The van der Waals surface area contributed by atoms with Crippen molar-refractivity contribution in [3.8, 4) is 5.75 Å². The Morgan fingerprint density at radius 1 is 1.23 bits per heavy atom. The van der Waals surface area contributed by atoms with Crippen molar-refractivity contribution >= 4 is 33.2 Å². The number of nitrogens with one attached hydrogen (secondary N) is 1. The molecule has 2 rings (SSSR count). The van der Waals surface area contributed by atoms with E-state index in [1.165, 1.54) is 44.4 Å². The Hall–Kier alpha value is -2.16. The molecule has 0 fully saturated rings. The zero-order valence-corrected chi connectivity index (χ0v) is 16.0. The standard InChI is InChI=1S/C17H18ClFN2O4S/c1-11-8-13(26(23,24)21(2)3)5-7-16(11)25-10-17(22)20-12-4-6-15(19)14(18)9-12/h4-9H,10H2,1-3H3,(H,20,22). The molecule has 2 aromatic carbocycles. The lowest BCUT2D eigenvalue weighted by Crippen LogP contribution is -2.22. The molecule has 0 aliphatic carbocycles. The summed E-state index contributed by atoms with van der Waals surface area (Å²) in [5, 5.41) is 2.43. The Morgan fingerprint density at radius 3 is 2.50 bits per heavy atom. The molecular formula is C17H18ClFN2O4S. The molecule has 0 heterocycles. The van der Waals surface area contributed by atoms with Crippen LogP contribution < -0.4 is 10.1 Å². The second-order valence-corrected chi connectivity index (χ2v) is 8.24. The van der Waals surface area contributed by atoms with E-state index in [4.69, 9.17) is 16.3 Å². The van der Waals surface area contributed by atoms with Crippen molar-refractivity contribution in [2.75, 3.05) is 26.0 Å². The van der Waals surface area contributed by atoms with Crippen molar-refractivity contribution in [3.63, 3.8) is 0 Å². The van der Waals surface area contributed by atoms with Crippen LogP contribution in [-0.4, -0.2) is 39.3 Å². The number of ether oxygens (including phenoxy) is 1. The highest BCUT2D eigenvalue weighted by atomic mass is 35.5. The molecule has 0 unspecified atom stereocenters. The van der Waals surface area contributed by atoms with Crippen LogP contribution in [0.5, 0.6) is 5.75 Å². The molecule has 0 aromatic heterocycles. The summed E-state index contributed by atoms with van der Waals surface area (Å²) in [5.74, 6) is -0.656. The number of amides is 1. The van der Waals surface area contributed by atoms with Gasteiger partial charge in [0.15, 0.2) is 6.61 Å². The van der Waals surface area contributed by atoms with Crippen molar-refractivity contribution in [1.82, 2.24) is 4.31 Å². The molecule has 1 N–H and O–H groups in total. The van der Waals surface area contributed by atoms with Crippen LogP contribution in [0, 0.1) is 12.7 Å². The Kier molecular flexibility index (Phi) is 6.22. The monoisotopic (exact) mass is 400 g/mol. The molecule has 0 saturated heterocycles. The maximum absolute atomic E-state index is 13.1. The van der Waals surface area contributed by atoms with E-state index in [0.717, 1.165) is 10.4 Å². The van der Waals surface area contributed by atoms with Crippen LogP contribution >= 0.6 is 11.6 Å². The topological polar surface area (TPSA) is 75.7 Å². The molecule has 2 aromatic rings. The summed E-state index contributed by atoms with van der Waals surface area (Å²) >= 11 is 5.65. The minimum Gasteiger partial charge on any atom is -0.483 e. The molecule has 26 heavy (non-hydrogen) atoms. The van der Waals surface area contributed by atoms with E-state index in [9.17, 15) is 17.6 Å². The SMILES string of the molecule is Cc1cc(S(=O)(=O)N(C)C)ccc1OCC(=O)Nc1ccc(F)c(Cl)c1. The van der Waals surface area contributed by atoms with Gasteiger partial charge in [0.05, 0.1) is 9.92 Å². The smallest absolute Gasteiger partial charge is 0.262 e. The average Bonchev–Trinajstić information content (AvgIpc) is 2.56. The van der Waals surface area contributed by atoms with Gasteiger partial charge in [0, 0.05) is 19.8 Å². The Bertz CT molecular complexity index is 932. The van der Waals surface area contributed by atoms with Crippen LogP contribution in [0.3, 0.4) is 0 Å². The van der Waals surface area contributed by atoms with Crippen molar-refractivity contribution in [3.05, 3.63) is 52.8 Å². The fourth-order valence-corrected chi connectivity index (χ4v) is 3.24. The van der Waals surface area contributed by atoms with Gasteiger partial charge in [-0.25, -0.2) is 17.1 Å². The second kappa shape index (κ2) is 8.03. The number of rotatable bonds is 6. The fraction of sp³-hybridized carbons (Fsp3) is 0.235. The lowest BCUT2D eigenvalue weighted by atomic mass is 10.2. The van der Waals surface area contributed by atoms with E-state index < -0.39 is 21.7 Å². The largest absolute Gasteiger partial charge is 0.483 e. The van der Waals surface area contributed by atoms with Crippen molar-refractivity contribution in [1.29, 1.82) is 0 Å². The van der Waals surface area contributed by atoms with Gasteiger partial charge in [-0.15, -0.1) is 0 Å². The van der Waals surface area contributed by atoms with Crippen LogP contribution in [-0.2, 0) is 14.8 Å². The molecule has 140 valence electrons. The predicted octanol–water partition coefficient (Wildman–Crippen LogP) is 3.06. The number of nitrogens with zero attached hydrogens (tertiary/aromatic N) is 1. The number of aryl methyl sites for hydroxylation is 1. The Labute approximate surface area is 156 Å². The maximum atomic E-state index is 13.1. The summed E-state index contributed by atoms with van der Waals surface area (Å²) in [4.78, 5) is 12.1. The number of sulfonamides is 1. The molecule has 1 amide bonds. The number of anilines is 1. The first-order chi connectivity index (χ1) is 12.1. The highest BCUT2D eigenvalue weighted by molar-refractivity contribution is 7.89. The first-order valence-electron chi connectivity index (χ1n) is 7.52. The lowest BCUT2D eigenvalue weighted by molar-refractivity contribution is -0.118. The van der Waals surface area contributed by atoms with Gasteiger partial charge >= 0.3 is 0 Å². The molecule has 0 spiro atoms. The number of carbonyl (C=O) groups is 1. The van der Waals surface area contributed by atoms with E-state index in [2.05, 4.69) is 5.32 Å². The third kappa shape index (κ3) is 4.72. The summed E-state index contributed by atoms with van der Waals surface area (Å²) in [6.07, 6.45) is 0. The zero-order chi connectivity index (χ0) is 19.5. The summed E-state index contributed by atoms with van der Waals surface area (Å²) < 4.78 is 43.8. The van der Waals surface area contributed by atoms with Gasteiger partial charge < -0.3 is 10.1 Å². The van der Waals surface area contributed by atoms with E-state index in [1.54, 1.807) is 6.92 Å². The van der Waals surface area contributed by atoms with E-state index >= 15 is 0 Å². The lowest BCUT2D eigenvalue weighted by Gasteiger charge is -2.14. The van der Waals surface area contributed by atoms with Crippen molar-refractivity contribution in [2.45, 2.75) is 11.8 Å². The third-order valence-electron chi connectivity index (χ3n) is 3.49. The molecule has 0 aliphatic heterocycles. The summed E-state index contributed by atoms with van der Waals surface area (Å²) in [6.45, 7) is 1.39. The van der Waals surface area contributed by atoms with Gasteiger partial charge in [0.25, 0.3) is 5.91 Å². The molecule has 9 heteroatoms. The normalized spacial score (nSPS) is 11.5. The van der Waals surface area contributed by atoms with Gasteiger partial charge in [-0.05, 0) is 48.9 Å². The highest BCUT2D eigenvalue weighted by Crippen LogP contribution is 2.23. The Morgan fingerprint density at radius 2 is 1.92 bits per heavy atom. The molecule has 0 saturated carbocycles. The molecule has 0 aliphatic rings. The molecule has 0 bridgehead atoms. The van der Waals surface area contributed by atoms with Gasteiger partial charge in [-0.2, -0.15) is 0 Å². The van der Waals surface area contributed by atoms with Gasteiger partial charge in [-0.3, -0.25) is 4.79 Å². The summed E-state index contributed by atoms with van der Waals surface area (Å²) in [5.41, 5.74) is 0.916. The van der Waals surface area contributed by atoms with Gasteiger partial charge in [-0.1, -0.05) is 11.6 Å². The minimum absolute atomic E-state index is 0.0998. The number of carbonyl (C=O) groups excluding carboxylic acids is 1. The fourth-order valence-electron chi connectivity index (χ4n) is 2.07. The van der Waals surface area contributed by atoms with Crippen LogP contribution in [0.2, 0.25) is 5.02 Å². The maximum Gasteiger partial charge on any atom is 0.262 e. The molecule has 0 radical (unpaired) electrons. The summed E-state index contributed by atoms with van der Waals surface area (Å²) in [7, 11) is -0.649. The minimum atomic E-state index is -3.54. The second-order valence-electron chi connectivity index (χ2n) is 5.68. The predicted molar refractivity (Wildman–Crippen MR) is 97.6 cm³/mol. The molecule has 6 nitrogen and oxygen atoms in total. The first kappa shape index (κ1) is 20.2. The highest BCUT2D eigenvalue weighted by Gasteiger charge is 2.18. The van der Waals surface area contributed by atoms with Crippen LogP contribution in [0.4, 0.5) is 10.1 Å². The number of benzene rings is 2. The van der Waals surface area contributed by atoms with E-state index in [1.807, 2.05) is 0 Å². The van der Waals surface area contributed by atoms with Crippen LogP contribution in [0.1, 0.15) is 5.56 Å². The van der Waals surface area contributed by atoms with E-state index in [0.29, 0.717) is 17.0 Å². The van der Waals surface area contributed by atoms with Crippen LogP contribution in [0.25, 0.3) is 0 Å². The van der Waals surface area contributed by atoms with Crippen molar-refractivity contribution in [2.24, 2.45) is 0 Å². The summed E-state index contributed by atoms with van der Waals surface area (Å²) in [6, 6.07) is 8.20. The number of hydrogen-bond acceptors (Lipinski definition) is 4. The van der Waals surface area contributed by atoms with Crippen LogP contribution in [0.15, 0.2) is 41.3 Å². The third-order valence-corrected chi connectivity index (χ3v) is 5.59. The zero-order valence-electron chi connectivity index (χ0n) is 14.4. The van der Waals surface area contributed by atoms with E-state index in [-0.39, 0.29) is 16.5 Å². The quantitative estimate of drug-likeness (QED) is 0.808. The van der Waals surface area contributed by atoms with Crippen molar-refractivity contribution < 1.29 is 22.3 Å². The average molecular weight is 401 g/mol. The number of hydrogen-bond donors (Lipinski definition) is 1. The molecule has 0 atom stereocenters.